The van der Waals surface area contributed by atoms with Crippen molar-refractivity contribution in [2.75, 3.05) is 5.32 Å². The van der Waals surface area contributed by atoms with E-state index >= 15 is 0 Å². The lowest BCUT2D eigenvalue weighted by Crippen LogP contribution is -2.19. The van der Waals surface area contributed by atoms with E-state index in [0.29, 0.717) is 12.2 Å². The zero-order valence-electron chi connectivity index (χ0n) is 11.6. The summed E-state index contributed by atoms with van der Waals surface area (Å²) in [5.41, 5.74) is 1.01. The van der Waals surface area contributed by atoms with E-state index in [9.17, 15) is 4.79 Å². The summed E-state index contributed by atoms with van der Waals surface area (Å²) in [6.07, 6.45) is 6.76. The van der Waals surface area contributed by atoms with Crippen LogP contribution in [0.3, 0.4) is 0 Å². The molecule has 102 valence electrons. The van der Waals surface area contributed by atoms with Gasteiger partial charge in [0.05, 0.1) is 5.56 Å². The van der Waals surface area contributed by atoms with Crippen LogP contribution in [0.15, 0.2) is 12.1 Å². The number of carbonyl (C=O) groups is 1. The minimum absolute atomic E-state index is 0.113. The van der Waals surface area contributed by atoms with Crippen molar-refractivity contribution in [1.82, 2.24) is 4.98 Å². The maximum atomic E-state index is 11.1. The molecule has 1 aromatic rings. The largest absolute Gasteiger partial charge is 0.478 e. The summed E-state index contributed by atoms with van der Waals surface area (Å²) in [6, 6.07) is 3.27. The van der Waals surface area contributed by atoms with Gasteiger partial charge >= 0.3 is 5.97 Å². The summed E-state index contributed by atoms with van der Waals surface area (Å²) in [4.78, 5) is 15.6. The number of hydrogen-bond donors (Lipinski definition) is 2. The van der Waals surface area contributed by atoms with E-state index in [2.05, 4.69) is 16.2 Å². The Morgan fingerprint density at radius 3 is 2.68 bits per heavy atom. The number of nitrogens with one attached hydrogen (secondary N) is 1. The number of nitrogens with zero attached hydrogens (tertiary/aromatic N) is 1. The van der Waals surface area contributed by atoms with Crippen LogP contribution in [0.1, 0.15) is 55.6 Å². The summed E-state index contributed by atoms with van der Waals surface area (Å²) >= 11 is 0. The van der Waals surface area contributed by atoms with Crippen LogP contribution in [-0.4, -0.2) is 22.1 Å². The first-order valence-corrected chi connectivity index (χ1v) is 6.43. The van der Waals surface area contributed by atoms with Crippen LogP contribution < -0.4 is 5.32 Å². The lowest BCUT2D eigenvalue weighted by molar-refractivity contribution is 0.0696. The van der Waals surface area contributed by atoms with Gasteiger partial charge < -0.3 is 10.4 Å². The molecule has 0 bridgehead atoms. The molecule has 0 aliphatic rings. The van der Waals surface area contributed by atoms with Gasteiger partial charge in [-0.25, -0.2) is 9.78 Å². The molecule has 2 N–H and O–H groups in total. The molecule has 19 heavy (non-hydrogen) atoms. The third-order valence-corrected chi connectivity index (χ3v) is 2.89. The molecular formula is C15H20N2O2. The predicted molar refractivity (Wildman–Crippen MR) is 76.4 cm³/mol. The van der Waals surface area contributed by atoms with Crippen molar-refractivity contribution in [1.29, 1.82) is 0 Å². The molecule has 0 saturated heterocycles. The van der Waals surface area contributed by atoms with Crippen molar-refractivity contribution in [2.45, 2.75) is 45.6 Å². The van der Waals surface area contributed by atoms with Crippen molar-refractivity contribution < 1.29 is 9.90 Å². The molecular weight excluding hydrogens is 240 g/mol. The van der Waals surface area contributed by atoms with E-state index < -0.39 is 5.97 Å². The van der Waals surface area contributed by atoms with E-state index in [-0.39, 0.29) is 17.5 Å². The fourth-order valence-electron chi connectivity index (χ4n) is 1.69. The number of aromatic nitrogens is 1. The lowest BCUT2D eigenvalue weighted by atomic mass is 10.1. The van der Waals surface area contributed by atoms with Gasteiger partial charge in [-0.3, -0.25) is 0 Å². The van der Waals surface area contributed by atoms with Crippen LogP contribution in [0, 0.1) is 12.3 Å². The van der Waals surface area contributed by atoms with Crippen LogP contribution in [0.4, 0.5) is 5.82 Å². The Bertz CT molecular complexity index is 489. The Hall–Kier alpha value is -2.02. The average Bonchev–Trinajstić information content (AvgIpc) is 2.37. The van der Waals surface area contributed by atoms with Gasteiger partial charge in [0, 0.05) is 18.2 Å². The Morgan fingerprint density at radius 2 is 2.21 bits per heavy atom. The van der Waals surface area contributed by atoms with Gasteiger partial charge in [0.15, 0.2) is 0 Å². The van der Waals surface area contributed by atoms with Gasteiger partial charge in [0.2, 0.25) is 0 Å². The second-order valence-corrected chi connectivity index (χ2v) is 4.78. The standard InChI is InChI=1S/C15H20N2O2/c1-5-7-12(6-2)16-14-9-11(15(18)19)8-13(17-14)10(3)4/h1,8-10,12H,6-7H2,2-4H3,(H,16,17)(H,18,19). The Kier molecular flexibility index (Phi) is 5.37. The Morgan fingerprint density at radius 1 is 1.53 bits per heavy atom. The predicted octanol–water partition coefficient (Wildman–Crippen LogP) is 3.12. The second-order valence-electron chi connectivity index (χ2n) is 4.78. The smallest absolute Gasteiger partial charge is 0.335 e. The maximum absolute atomic E-state index is 11.1. The van der Waals surface area contributed by atoms with Crippen molar-refractivity contribution in [3.05, 3.63) is 23.4 Å². The number of rotatable bonds is 6. The van der Waals surface area contributed by atoms with Crippen LogP contribution in [0.2, 0.25) is 0 Å². The molecule has 1 aromatic heterocycles. The molecule has 1 atom stereocenters. The van der Waals surface area contributed by atoms with E-state index in [1.165, 1.54) is 0 Å². The molecule has 1 rings (SSSR count). The normalized spacial score (nSPS) is 11.9. The average molecular weight is 260 g/mol. The van der Waals surface area contributed by atoms with E-state index in [1.807, 2.05) is 20.8 Å². The summed E-state index contributed by atoms with van der Waals surface area (Å²) in [7, 11) is 0. The highest BCUT2D eigenvalue weighted by molar-refractivity contribution is 5.88. The molecule has 0 radical (unpaired) electrons. The summed E-state index contributed by atoms with van der Waals surface area (Å²) in [5.74, 6) is 2.41. The molecule has 1 unspecified atom stereocenters. The number of anilines is 1. The van der Waals surface area contributed by atoms with Crippen LogP contribution in [-0.2, 0) is 0 Å². The van der Waals surface area contributed by atoms with Gasteiger partial charge in [0.25, 0.3) is 0 Å². The number of carboxylic acid groups (broad SMARTS) is 1. The third-order valence-electron chi connectivity index (χ3n) is 2.89. The monoisotopic (exact) mass is 260 g/mol. The lowest BCUT2D eigenvalue weighted by Gasteiger charge is -2.17. The summed E-state index contributed by atoms with van der Waals surface area (Å²) < 4.78 is 0. The van der Waals surface area contributed by atoms with Crippen molar-refractivity contribution in [3.8, 4) is 12.3 Å². The minimum Gasteiger partial charge on any atom is -0.478 e. The zero-order chi connectivity index (χ0) is 14.4. The Balaban J connectivity index is 3.06. The highest BCUT2D eigenvalue weighted by atomic mass is 16.4. The highest BCUT2D eigenvalue weighted by Gasteiger charge is 2.12. The fraction of sp³-hybridized carbons (Fsp3) is 0.467. The molecule has 0 aromatic carbocycles. The first kappa shape index (κ1) is 15.0. The molecule has 0 amide bonds. The highest BCUT2D eigenvalue weighted by Crippen LogP contribution is 2.19. The van der Waals surface area contributed by atoms with Crippen molar-refractivity contribution >= 4 is 11.8 Å². The minimum atomic E-state index is -0.947. The molecule has 0 saturated carbocycles. The SMILES string of the molecule is C#CCC(CC)Nc1cc(C(=O)O)cc(C(C)C)n1. The quantitative estimate of drug-likeness (QED) is 0.771. The number of terminal acetylenes is 1. The van der Waals surface area contributed by atoms with E-state index in [4.69, 9.17) is 11.5 Å². The second kappa shape index (κ2) is 6.79. The molecule has 0 fully saturated rings. The molecule has 0 spiro atoms. The number of aromatic carboxylic acids is 1. The Labute approximate surface area is 114 Å². The van der Waals surface area contributed by atoms with Gasteiger partial charge in [-0.05, 0) is 24.5 Å². The molecule has 4 heteroatoms. The van der Waals surface area contributed by atoms with Crippen LogP contribution in [0.25, 0.3) is 0 Å². The number of hydrogen-bond acceptors (Lipinski definition) is 3. The maximum Gasteiger partial charge on any atom is 0.335 e. The summed E-state index contributed by atoms with van der Waals surface area (Å²) in [5, 5.41) is 12.3. The van der Waals surface area contributed by atoms with Crippen molar-refractivity contribution in [2.24, 2.45) is 0 Å². The van der Waals surface area contributed by atoms with Crippen LogP contribution >= 0.6 is 0 Å². The van der Waals surface area contributed by atoms with E-state index in [1.54, 1.807) is 12.1 Å². The molecule has 0 aliphatic carbocycles. The molecule has 4 nitrogen and oxygen atoms in total. The van der Waals surface area contributed by atoms with Gasteiger partial charge in [-0.15, -0.1) is 12.3 Å². The van der Waals surface area contributed by atoms with Crippen LogP contribution in [0.5, 0.6) is 0 Å². The van der Waals surface area contributed by atoms with E-state index in [0.717, 1.165) is 12.1 Å². The van der Waals surface area contributed by atoms with Gasteiger partial charge in [-0.2, -0.15) is 0 Å². The fourth-order valence-corrected chi connectivity index (χ4v) is 1.69. The topological polar surface area (TPSA) is 62.2 Å². The molecule has 1 heterocycles. The number of pyridine rings is 1. The number of carboxylic acids is 1. The van der Waals surface area contributed by atoms with Gasteiger partial charge in [0.1, 0.15) is 5.82 Å². The first-order chi connectivity index (χ1) is 8.97. The molecule has 0 aliphatic heterocycles. The van der Waals surface area contributed by atoms with Crippen molar-refractivity contribution in [3.63, 3.8) is 0 Å². The third kappa shape index (κ3) is 4.29. The summed E-state index contributed by atoms with van der Waals surface area (Å²) in [6.45, 7) is 5.99. The van der Waals surface area contributed by atoms with Gasteiger partial charge in [-0.1, -0.05) is 20.8 Å². The first-order valence-electron chi connectivity index (χ1n) is 6.43. The zero-order valence-corrected chi connectivity index (χ0v) is 11.6.